The molecule has 1 aromatic carbocycles. The average Bonchev–Trinajstić information content (AvgIpc) is 3.03. The normalized spacial score (nSPS) is 20.4. The average molecular weight is 329 g/mol. The van der Waals surface area contributed by atoms with Gasteiger partial charge in [0, 0.05) is 17.8 Å². The molecule has 1 aliphatic heterocycles. The summed E-state index contributed by atoms with van der Waals surface area (Å²) in [5.74, 6) is 0.193. The third-order valence-electron chi connectivity index (χ3n) is 4.30. The van der Waals surface area contributed by atoms with Gasteiger partial charge in [0.1, 0.15) is 0 Å². The summed E-state index contributed by atoms with van der Waals surface area (Å²) in [5, 5.41) is 2.02. The zero-order valence-electron chi connectivity index (χ0n) is 13.7. The van der Waals surface area contributed by atoms with E-state index >= 15 is 0 Å². The van der Waals surface area contributed by atoms with Crippen LogP contribution >= 0.6 is 11.3 Å². The van der Waals surface area contributed by atoms with Gasteiger partial charge in [0.15, 0.2) is 0 Å². The van der Waals surface area contributed by atoms with Crippen LogP contribution in [0.15, 0.2) is 47.8 Å². The smallest absolute Gasteiger partial charge is 0.228 e. The molecule has 1 aromatic heterocycles. The number of hydrogen-bond acceptors (Lipinski definition) is 3. The van der Waals surface area contributed by atoms with Crippen LogP contribution in [0.4, 0.5) is 0 Å². The fourth-order valence-electron chi connectivity index (χ4n) is 3.00. The highest BCUT2D eigenvalue weighted by atomic mass is 32.1. The maximum Gasteiger partial charge on any atom is 0.228 e. The Bertz CT molecular complexity index is 637. The molecule has 0 aliphatic carbocycles. The van der Waals surface area contributed by atoms with Crippen LogP contribution in [0.3, 0.4) is 0 Å². The molecular formula is C19H23NO2S. The van der Waals surface area contributed by atoms with Gasteiger partial charge >= 0.3 is 0 Å². The number of thiophene rings is 1. The van der Waals surface area contributed by atoms with E-state index in [1.165, 1.54) is 5.56 Å². The van der Waals surface area contributed by atoms with Gasteiger partial charge in [-0.05, 0) is 30.9 Å². The van der Waals surface area contributed by atoms with Crippen molar-refractivity contribution in [3.8, 4) is 0 Å². The fourth-order valence-corrected chi connectivity index (χ4v) is 3.70. The number of benzene rings is 1. The predicted molar refractivity (Wildman–Crippen MR) is 93.7 cm³/mol. The highest BCUT2D eigenvalue weighted by Crippen LogP contribution is 2.25. The van der Waals surface area contributed by atoms with Crippen molar-refractivity contribution >= 4 is 17.2 Å². The third-order valence-corrected chi connectivity index (χ3v) is 5.18. The molecule has 0 N–H and O–H groups in total. The van der Waals surface area contributed by atoms with E-state index in [2.05, 4.69) is 26.0 Å². The molecule has 4 heteroatoms. The summed E-state index contributed by atoms with van der Waals surface area (Å²) < 4.78 is 6.02. The van der Waals surface area contributed by atoms with Crippen molar-refractivity contribution in [1.82, 2.24) is 4.90 Å². The topological polar surface area (TPSA) is 29.5 Å². The van der Waals surface area contributed by atoms with E-state index in [-0.39, 0.29) is 17.6 Å². The molecule has 0 saturated carbocycles. The number of carbonyl (C=O) groups is 1. The van der Waals surface area contributed by atoms with E-state index < -0.39 is 0 Å². The first kappa shape index (κ1) is 16.2. The Morgan fingerprint density at radius 1 is 1.26 bits per heavy atom. The molecule has 0 bridgehead atoms. The van der Waals surface area contributed by atoms with Crippen LogP contribution in [-0.2, 0) is 22.4 Å². The number of morpholine rings is 1. The first-order chi connectivity index (χ1) is 11.0. The molecule has 2 heterocycles. The first-order valence-corrected chi connectivity index (χ1v) is 8.91. The van der Waals surface area contributed by atoms with E-state index in [1.54, 1.807) is 11.3 Å². The van der Waals surface area contributed by atoms with Gasteiger partial charge in [-0.15, -0.1) is 11.3 Å². The Kier molecular flexibility index (Phi) is 4.83. The number of amides is 1. The monoisotopic (exact) mass is 329 g/mol. The summed E-state index contributed by atoms with van der Waals surface area (Å²) in [6.07, 6.45) is 1.40. The van der Waals surface area contributed by atoms with Gasteiger partial charge in [0.05, 0.1) is 24.7 Å². The van der Waals surface area contributed by atoms with E-state index in [1.807, 2.05) is 40.6 Å². The van der Waals surface area contributed by atoms with E-state index in [0.717, 1.165) is 11.3 Å². The van der Waals surface area contributed by atoms with Gasteiger partial charge in [0.25, 0.3) is 0 Å². The number of hydrogen-bond donors (Lipinski definition) is 0. The molecule has 23 heavy (non-hydrogen) atoms. The molecule has 1 fully saturated rings. The third kappa shape index (κ3) is 4.01. The van der Waals surface area contributed by atoms with Crippen molar-refractivity contribution in [3.63, 3.8) is 0 Å². The zero-order valence-corrected chi connectivity index (χ0v) is 14.5. The summed E-state index contributed by atoms with van der Waals surface area (Å²) in [5.41, 5.74) is 1.00. The number of ether oxygens (including phenoxy) is 1. The minimum Gasteiger partial charge on any atom is -0.374 e. The summed E-state index contributed by atoms with van der Waals surface area (Å²) in [6.45, 7) is 5.41. The highest BCUT2D eigenvalue weighted by molar-refractivity contribution is 7.10. The summed E-state index contributed by atoms with van der Waals surface area (Å²) in [7, 11) is 0. The minimum atomic E-state index is -0.248. The van der Waals surface area contributed by atoms with Crippen LogP contribution in [0.5, 0.6) is 0 Å². The standard InChI is InChI=1S/C19H23NO2S/c1-19(2)14-22-16(11-15-7-4-3-5-8-15)13-20(19)18(21)12-17-9-6-10-23-17/h3-10,16H,11-14H2,1-2H3. The quantitative estimate of drug-likeness (QED) is 0.859. The van der Waals surface area contributed by atoms with Crippen molar-refractivity contribution in [2.24, 2.45) is 0 Å². The van der Waals surface area contributed by atoms with Crippen LogP contribution in [0.2, 0.25) is 0 Å². The van der Waals surface area contributed by atoms with Gasteiger partial charge in [0.2, 0.25) is 5.91 Å². The molecule has 3 rings (SSSR count). The van der Waals surface area contributed by atoms with Crippen LogP contribution in [0.1, 0.15) is 24.3 Å². The first-order valence-electron chi connectivity index (χ1n) is 8.03. The predicted octanol–water partition coefficient (Wildman–Crippen LogP) is 3.54. The fraction of sp³-hybridized carbons (Fsp3) is 0.421. The van der Waals surface area contributed by atoms with Crippen molar-refractivity contribution in [1.29, 1.82) is 0 Å². The maximum absolute atomic E-state index is 12.8. The maximum atomic E-state index is 12.8. The number of nitrogens with zero attached hydrogens (tertiary/aromatic N) is 1. The molecule has 122 valence electrons. The SMILES string of the molecule is CC1(C)COC(Cc2ccccc2)CN1C(=O)Cc1cccs1. The van der Waals surface area contributed by atoms with E-state index in [4.69, 9.17) is 4.74 Å². The molecule has 1 aliphatic rings. The summed E-state index contributed by atoms with van der Waals surface area (Å²) in [4.78, 5) is 15.9. The minimum absolute atomic E-state index is 0.0673. The lowest BCUT2D eigenvalue weighted by atomic mass is 9.97. The van der Waals surface area contributed by atoms with E-state index in [0.29, 0.717) is 19.6 Å². The lowest BCUT2D eigenvalue weighted by Crippen LogP contribution is -2.59. The second-order valence-corrected chi connectivity index (χ2v) is 7.73. The Balaban J connectivity index is 1.68. The summed E-state index contributed by atoms with van der Waals surface area (Å²) in [6, 6.07) is 14.4. The number of rotatable bonds is 4. The second kappa shape index (κ2) is 6.85. The molecule has 1 atom stereocenters. The molecule has 3 nitrogen and oxygen atoms in total. The molecule has 0 spiro atoms. The van der Waals surface area contributed by atoms with E-state index in [9.17, 15) is 4.79 Å². The van der Waals surface area contributed by atoms with Gasteiger partial charge in [-0.25, -0.2) is 0 Å². The molecule has 0 radical (unpaired) electrons. The Labute approximate surface area is 141 Å². The van der Waals surface area contributed by atoms with Gasteiger partial charge in [-0.2, -0.15) is 0 Å². The largest absolute Gasteiger partial charge is 0.374 e. The molecule has 1 saturated heterocycles. The molecule has 1 amide bonds. The number of carbonyl (C=O) groups excluding carboxylic acids is 1. The lowest BCUT2D eigenvalue weighted by molar-refractivity contribution is -0.153. The highest BCUT2D eigenvalue weighted by Gasteiger charge is 2.37. The van der Waals surface area contributed by atoms with Gasteiger partial charge in [-0.1, -0.05) is 36.4 Å². The van der Waals surface area contributed by atoms with Crippen LogP contribution in [0.25, 0.3) is 0 Å². The van der Waals surface area contributed by atoms with Crippen LogP contribution < -0.4 is 0 Å². The van der Waals surface area contributed by atoms with Crippen molar-refractivity contribution in [3.05, 3.63) is 58.3 Å². The Morgan fingerprint density at radius 3 is 2.74 bits per heavy atom. The zero-order chi connectivity index (χ0) is 16.3. The van der Waals surface area contributed by atoms with Gasteiger partial charge < -0.3 is 9.64 Å². The Morgan fingerprint density at radius 2 is 2.04 bits per heavy atom. The second-order valence-electron chi connectivity index (χ2n) is 6.70. The van der Waals surface area contributed by atoms with Crippen molar-refractivity contribution in [2.75, 3.05) is 13.2 Å². The molecule has 2 aromatic rings. The van der Waals surface area contributed by atoms with Crippen LogP contribution in [0, 0.1) is 0 Å². The molecule has 1 unspecified atom stereocenters. The Hall–Kier alpha value is -1.65. The molecular weight excluding hydrogens is 306 g/mol. The summed E-state index contributed by atoms with van der Waals surface area (Å²) >= 11 is 1.64. The lowest BCUT2D eigenvalue weighted by Gasteiger charge is -2.45. The van der Waals surface area contributed by atoms with Crippen molar-refractivity contribution < 1.29 is 9.53 Å². The van der Waals surface area contributed by atoms with Crippen LogP contribution in [-0.4, -0.2) is 35.6 Å². The van der Waals surface area contributed by atoms with Crippen molar-refractivity contribution in [2.45, 2.75) is 38.3 Å². The van der Waals surface area contributed by atoms with Gasteiger partial charge in [-0.3, -0.25) is 4.79 Å².